The van der Waals surface area contributed by atoms with E-state index in [0.717, 1.165) is 6.54 Å². The summed E-state index contributed by atoms with van der Waals surface area (Å²) in [5.41, 5.74) is 10.4. The Balaban J connectivity index is 2.49. The van der Waals surface area contributed by atoms with Crippen LogP contribution in [0.4, 0.5) is 5.69 Å². The molecule has 0 aromatic heterocycles. The van der Waals surface area contributed by atoms with Crippen molar-refractivity contribution in [1.29, 1.82) is 0 Å². The Morgan fingerprint density at radius 1 is 1.24 bits per heavy atom. The second kappa shape index (κ2) is 4.69. The largest absolute Gasteiger partial charge is 0.377 e. The number of rotatable bonds is 3. The van der Waals surface area contributed by atoms with E-state index in [-0.39, 0.29) is 5.41 Å². The topological polar surface area (TPSA) is 29.3 Å². The maximum Gasteiger partial charge on any atom is 0.0402 e. The van der Waals surface area contributed by atoms with Gasteiger partial charge in [0, 0.05) is 31.7 Å². The first kappa shape index (κ1) is 12.4. The molecule has 17 heavy (non-hydrogen) atoms. The number of nitrogens with zero attached hydrogens (tertiary/aromatic N) is 1. The second-order valence-electron chi connectivity index (χ2n) is 5.61. The van der Waals surface area contributed by atoms with Crippen molar-refractivity contribution < 1.29 is 0 Å². The van der Waals surface area contributed by atoms with Crippen LogP contribution in [0.1, 0.15) is 36.8 Å². The molecular weight excluding hydrogens is 208 g/mol. The summed E-state index contributed by atoms with van der Waals surface area (Å²) in [5, 5.41) is 0. The van der Waals surface area contributed by atoms with Crippen LogP contribution in [0.15, 0.2) is 18.2 Å². The molecule has 0 spiro atoms. The van der Waals surface area contributed by atoms with Gasteiger partial charge >= 0.3 is 0 Å². The van der Waals surface area contributed by atoms with Crippen molar-refractivity contribution >= 4 is 5.69 Å². The van der Waals surface area contributed by atoms with Gasteiger partial charge in [0.15, 0.2) is 0 Å². The molecule has 0 unspecified atom stereocenters. The van der Waals surface area contributed by atoms with E-state index < -0.39 is 0 Å². The molecule has 94 valence electrons. The summed E-state index contributed by atoms with van der Waals surface area (Å²) >= 11 is 0. The average Bonchev–Trinajstić information content (AvgIpc) is 2.78. The Labute approximate surface area is 105 Å². The fourth-order valence-electron chi connectivity index (χ4n) is 3.10. The molecule has 1 aliphatic rings. The first-order chi connectivity index (χ1) is 8.09. The Hall–Kier alpha value is -1.02. The third-order valence-corrected chi connectivity index (χ3v) is 4.16. The van der Waals surface area contributed by atoms with Gasteiger partial charge in [0.25, 0.3) is 0 Å². The number of anilines is 1. The fraction of sp³-hybridized carbons (Fsp3) is 0.600. The summed E-state index contributed by atoms with van der Waals surface area (Å²) in [6.45, 7) is 2.93. The molecule has 2 nitrogen and oxygen atoms in total. The molecule has 1 saturated carbocycles. The predicted molar refractivity (Wildman–Crippen MR) is 74.7 cm³/mol. The lowest BCUT2D eigenvalue weighted by molar-refractivity contribution is 0.453. The minimum atomic E-state index is 0.229. The van der Waals surface area contributed by atoms with Crippen LogP contribution in [0, 0.1) is 6.92 Å². The summed E-state index contributed by atoms with van der Waals surface area (Å²) in [4.78, 5) is 2.22. The van der Waals surface area contributed by atoms with Crippen LogP contribution in [-0.4, -0.2) is 20.6 Å². The smallest absolute Gasteiger partial charge is 0.0402 e. The van der Waals surface area contributed by atoms with Gasteiger partial charge in [0.05, 0.1) is 0 Å². The Bertz CT molecular complexity index is 390. The quantitative estimate of drug-likeness (QED) is 0.868. The van der Waals surface area contributed by atoms with Gasteiger partial charge in [-0.15, -0.1) is 0 Å². The number of benzene rings is 1. The molecule has 0 radical (unpaired) electrons. The maximum atomic E-state index is 6.09. The summed E-state index contributed by atoms with van der Waals surface area (Å²) in [5.74, 6) is 0. The number of hydrogen-bond acceptors (Lipinski definition) is 2. The molecule has 1 aromatic rings. The molecule has 0 saturated heterocycles. The van der Waals surface area contributed by atoms with E-state index in [1.165, 1.54) is 42.5 Å². The monoisotopic (exact) mass is 232 g/mol. The summed E-state index contributed by atoms with van der Waals surface area (Å²) in [6.07, 6.45) is 5.12. The zero-order valence-corrected chi connectivity index (χ0v) is 11.3. The summed E-state index contributed by atoms with van der Waals surface area (Å²) in [7, 11) is 4.24. The molecule has 2 rings (SSSR count). The van der Waals surface area contributed by atoms with E-state index in [1.807, 2.05) is 0 Å². The molecule has 0 atom stereocenters. The standard InChI is InChI=1S/C15H24N2/c1-12-6-7-13(14(10-12)17(2)3)15(11-16)8-4-5-9-15/h6-7,10H,4-5,8-9,11,16H2,1-3H3. The zero-order valence-electron chi connectivity index (χ0n) is 11.3. The first-order valence-electron chi connectivity index (χ1n) is 6.57. The van der Waals surface area contributed by atoms with E-state index in [2.05, 4.69) is 44.1 Å². The molecule has 0 amide bonds. The Morgan fingerprint density at radius 3 is 2.41 bits per heavy atom. The minimum Gasteiger partial charge on any atom is -0.377 e. The molecular formula is C15H24N2. The van der Waals surface area contributed by atoms with Crippen molar-refractivity contribution in [2.45, 2.75) is 38.0 Å². The van der Waals surface area contributed by atoms with E-state index in [4.69, 9.17) is 5.73 Å². The van der Waals surface area contributed by atoms with Gasteiger partial charge in [-0.1, -0.05) is 25.0 Å². The van der Waals surface area contributed by atoms with Crippen molar-refractivity contribution in [3.63, 3.8) is 0 Å². The van der Waals surface area contributed by atoms with Crippen molar-refractivity contribution in [2.75, 3.05) is 25.5 Å². The summed E-state index contributed by atoms with van der Waals surface area (Å²) < 4.78 is 0. The van der Waals surface area contributed by atoms with Crippen LogP contribution in [0.2, 0.25) is 0 Å². The number of hydrogen-bond donors (Lipinski definition) is 1. The van der Waals surface area contributed by atoms with Gasteiger partial charge in [-0.05, 0) is 37.0 Å². The minimum absolute atomic E-state index is 0.229. The number of aryl methyl sites for hydroxylation is 1. The van der Waals surface area contributed by atoms with Crippen molar-refractivity contribution in [3.05, 3.63) is 29.3 Å². The molecule has 0 heterocycles. The van der Waals surface area contributed by atoms with E-state index >= 15 is 0 Å². The molecule has 0 bridgehead atoms. The van der Waals surface area contributed by atoms with Crippen LogP contribution in [0.5, 0.6) is 0 Å². The predicted octanol–water partition coefficient (Wildman–Crippen LogP) is 2.83. The van der Waals surface area contributed by atoms with Gasteiger partial charge in [0.2, 0.25) is 0 Å². The SMILES string of the molecule is Cc1ccc(C2(CN)CCCC2)c(N(C)C)c1. The molecule has 0 aliphatic heterocycles. The van der Waals surface area contributed by atoms with E-state index in [0.29, 0.717) is 0 Å². The van der Waals surface area contributed by atoms with Crippen LogP contribution >= 0.6 is 0 Å². The molecule has 1 aliphatic carbocycles. The third kappa shape index (κ3) is 2.19. The third-order valence-electron chi connectivity index (χ3n) is 4.16. The van der Waals surface area contributed by atoms with Crippen LogP contribution in [0.25, 0.3) is 0 Å². The van der Waals surface area contributed by atoms with Crippen molar-refractivity contribution in [2.24, 2.45) is 5.73 Å². The molecule has 2 heteroatoms. The lowest BCUT2D eigenvalue weighted by atomic mass is 9.77. The first-order valence-corrected chi connectivity index (χ1v) is 6.57. The maximum absolute atomic E-state index is 6.09. The molecule has 2 N–H and O–H groups in total. The normalized spacial score (nSPS) is 18.4. The average molecular weight is 232 g/mol. The van der Waals surface area contributed by atoms with Gasteiger partial charge in [-0.3, -0.25) is 0 Å². The van der Waals surface area contributed by atoms with Crippen molar-refractivity contribution in [1.82, 2.24) is 0 Å². The molecule has 1 fully saturated rings. The Kier molecular flexibility index (Phi) is 3.43. The molecule has 1 aromatic carbocycles. The fourth-order valence-corrected chi connectivity index (χ4v) is 3.10. The van der Waals surface area contributed by atoms with E-state index in [9.17, 15) is 0 Å². The number of nitrogens with two attached hydrogens (primary N) is 1. The Morgan fingerprint density at radius 2 is 1.88 bits per heavy atom. The summed E-state index contributed by atoms with van der Waals surface area (Å²) in [6, 6.07) is 6.80. The van der Waals surface area contributed by atoms with Gasteiger partial charge < -0.3 is 10.6 Å². The van der Waals surface area contributed by atoms with E-state index in [1.54, 1.807) is 0 Å². The van der Waals surface area contributed by atoms with Crippen LogP contribution < -0.4 is 10.6 Å². The van der Waals surface area contributed by atoms with Crippen LogP contribution in [-0.2, 0) is 5.41 Å². The van der Waals surface area contributed by atoms with Crippen molar-refractivity contribution in [3.8, 4) is 0 Å². The van der Waals surface area contributed by atoms with Gasteiger partial charge in [-0.25, -0.2) is 0 Å². The van der Waals surface area contributed by atoms with Gasteiger partial charge in [-0.2, -0.15) is 0 Å². The lowest BCUT2D eigenvalue weighted by Gasteiger charge is -2.32. The zero-order chi connectivity index (χ0) is 12.5. The van der Waals surface area contributed by atoms with Crippen LogP contribution in [0.3, 0.4) is 0 Å². The highest BCUT2D eigenvalue weighted by molar-refractivity contribution is 5.58. The highest BCUT2D eigenvalue weighted by atomic mass is 15.1. The van der Waals surface area contributed by atoms with Gasteiger partial charge in [0.1, 0.15) is 0 Å². The highest BCUT2D eigenvalue weighted by Gasteiger charge is 2.36. The second-order valence-corrected chi connectivity index (χ2v) is 5.61. The lowest BCUT2D eigenvalue weighted by Crippen LogP contribution is -2.33. The highest BCUT2D eigenvalue weighted by Crippen LogP contribution is 2.44.